The summed E-state index contributed by atoms with van der Waals surface area (Å²) in [6, 6.07) is 7.63. The van der Waals surface area contributed by atoms with E-state index in [9.17, 15) is 10.1 Å². The lowest BCUT2D eigenvalue weighted by molar-refractivity contribution is -0.114. The standard InChI is InChI=1S/C21H24ClN7O3/c1-31-20-13(14-11-27-29(17(14)10-23)12-5-7-32-8-6-12)3-2-4-15(20)28-16(9-18(22)24)19(25)21(26)30/h2-4,9,11-12,28H,5-8,24-25H2,1H3,(H2,26,30)/b18-9-,19-16+. The molecule has 1 aromatic heterocycles. The van der Waals surface area contributed by atoms with Gasteiger partial charge in [-0.1, -0.05) is 23.7 Å². The predicted molar refractivity (Wildman–Crippen MR) is 120 cm³/mol. The summed E-state index contributed by atoms with van der Waals surface area (Å²) < 4.78 is 12.8. The smallest absolute Gasteiger partial charge is 0.266 e. The highest BCUT2D eigenvalue weighted by molar-refractivity contribution is 6.29. The predicted octanol–water partition coefficient (Wildman–Crippen LogP) is 1.89. The molecule has 0 aliphatic carbocycles. The maximum absolute atomic E-state index is 11.6. The molecule has 0 unspecified atom stereocenters. The molecule has 2 aromatic rings. The third-order valence-corrected chi connectivity index (χ3v) is 5.16. The number of hydrogen-bond acceptors (Lipinski definition) is 8. The fourth-order valence-corrected chi connectivity index (χ4v) is 3.65. The quantitative estimate of drug-likeness (QED) is 0.277. The van der Waals surface area contributed by atoms with E-state index >= 15 is 0 Å². The average molecular weight is 458 g/mol. The molecule has 3 rings (SSSR count). The second-order valence-corrected chi connectivity index (χ2v) is 7.48. The van der Waals surface area contributed by atoms with Crippen LogP contribution in [0.4, 0.5) is 5.69 Å². The van der Waals surface area contributed by atoms with Gasteiger partial charge in [-0.25, -0.2) is 0 Å². The third-order valence-electron chi connectivity index (χ3n) is 5.05. The average Bonchev–Trinajstić information content (AvgIpc) is 3.22. The van der Waals surface area contributed by atoms with E-state index in [0.29, 0.717) is 41.5 Å². The molecule has 1 fully saturated rings. The summed E-state index contributed by atoms with van der Waals surface area (Å²) in [4.78, 5) is 11.6. The van der Waals surface area contributed by atoms with Crippen LogP contribution in [-0.2, 0) is 9.53 Å². The zero-order valence-electron chi connectivity index (χ0n) is 17.5. The third kappa shape index (κ3) is 4.80. The first-order chi connectivity index (χ1) is 15.4. The van der Waals surface area contributed by atoms with E-state index < -0.39 is 5.91 Å². The number of methoxy groups -OCH3 is 1. The molecule has 0 spiro atoms. The number of carbonyl (C=O) groups excluding carboxylic acids is 1. The van der Waals surface area contributed by atoms with Crippen molar-refractivity contribution >= 4 is 23.2 Å². The Kier molecular flexibility index (Phi) is 7.25. The molecule has 10 nitrogen and oxygen atoms in total. The number of benzene rings is 1. The van der Waals surface area contributed by atoms with Crippen molar-refractivity contribution in [2.75, 3.05) is 25.6 Å². The topological polar surface area (TPSA) is 167 Å². The Morgan fingerprint density at radius 2 is 2.06 bits per heavy atom. The van der Waals surface area contributed by atoms with Gasteiger partial charge in [0.15, 0.2) is 0 Å². The SMILES string of the molecule is COc1c(NC(/C=C(\N)Cl)=C(/N)C(N)=O)cccc1-c1cnn(C2CCOCC2)c1C#N. The van der Waals surface area contributed by atoms with Crippen molar-refractivity contribution in [3.63, 3.8) is 0 Å². The van der Waals surface area contributed by atoms with Gasteiger partial charge in [0.2, 0.25) is 0 Å². The van der Waals surface area contributed by atoms with Gasteiger partial charge in [-0.05, 0) is 25.0 Å². The Morgan fingerprint density at radius 3 is 2.66 bits per heavy atom. The minimum atomic E-state index is -0.846. The van der Waals surface area contributed by atoms with Gasteiger partial charge in [-0.3, -0.25) is 9.48 Å². The second kappa shape index (κ2) is 10.1. The number of nitrogens with two attached hydrogens (primary N) is 3. The van der Waals surface area contributed by atoms with Gasteiger partial charge < -0.3 is 32.0 Å². The van der Waals surface area contributed by atoms with Crippen LogP contribution in [0.5, 0.6) is 5.75 Å². The molecule has 0 atom stereocenters. The highest BCUT2D eigenvalue weighted by Gasteiger charge is 2.24. The maximum Gasteiger partial charge on any atom is 0.266 e. The Balaban J connectivity index is 2.08. The van der Waals surface area contributed by atoms with E-state index in [1.807, 2.05) is 6.07 Å². The Morgan fingerprint density at radius 1 is 1.34 bits per heavy atom. The van der Waals surface area contributed by atoms with Gasteiger partial charge in [0.05, 0.1) is 30.7 Å². The number of allylic oxidation sites excluding steroid dienone is 1. The molecule has 0 bridgehead atoms. The second-order valence-electron chi connectivity index (χ2n) is 7.04. The molecule has 32 heavy (non-hydrogen) atoms. The summed E-state index contributed by atoms with van der Waals surface area (Å²) in [5, 5.41) is 17.2. The van der Waals surface area contributed by atoms with Gasteiger partial charge in [-0.2, -0.15) is 10.4 Å². The molecule has 1 aliphatic heterocycles. The highest BCUT2D eigenvalue weighted by Crippen LogP contribution is 2.39. The zero-order chi connectivity index (χ0) is 23.3. The molecule has 1 aromatic carbocycles. The van der Waals surface area contributed by atoms with Crippen molar-refractivity contribution in [2.24, 2.45) is 17.2 Å². The lowest BCUT2D eigenvalue weighted by atomic mass is 10.0. The number of hydrogen-bond donors (Lipinski definition) is 4. The number of anilines is 1. The highest BCUT2D eigenvalue weighted by atomic mass is 35.5. The largest absolute Gasteiger partial charge is 0.494 e. The van der Waals surface area contributed by atoms with Gasteiger partial charge in [0.25, 0.3) is 5.91 Å². The number of ether oxygens (including phenoxy) is 2. The van der Waals surface area contributed by atoms with Crippen LogP contribution in [0, 0.1) is 11.3 Å². The van der Waals surface area contributed by atoms with Gasteiger partial charge in [0, 0.05) is 24.3 Å². The van der Waals surface area contributed by atoms with Crippen LogP contribution in [0.25, 0.3) is 11.1 Å². The number of para-hydroxylation sites is 1. The lowest BCUT2D eigenvalue weighted by Crippen LogP contribution is -2.24. The molecule has 0 saturated carbocycles. The first-order valence-corrected chi connectivity index (χ1v) is 10.2. The van der Waals surface area contributed by atoms with Crippen molar-refractivity contribution < 1.29 is 14.3 Å². The van der Waals surface area contributed by atoms with Crippen LogP contribution >= 0.6 is 11.6 Å². The normalized spacial score (nSPS) is 15.6. The number of nitrogens with zero attached hydrogens (tertiary/aromatic N) is 3. The van der Waals surface area contributed by atoms with Crippen molar-refractivity contribution in [2.45, 2.75) is 18.9 Å². The summed E-state index contributed by atoms with van der Waals surface area (Å²) in [5.41, 5.74) is 18.6. The summed E-state index contributed by atoms with van der Waals surface area (Å²) >= 11 is 5.77. The van der Waals surface area contributed by atoms with Crippen LogP contribution in [-0.4, -0.2) is 36.0 Å². The van der Waals surface area contributed by atoms with Crippen molar-refractivity contribution in [1.82, 2.24) is 9.78 Å². The van der Waals surface area contributed by atoms with Gasteiger partial charge >= 0.3 is 0 Å². The van der Waals surface area contributed by atoms with Crippen molar-refractivity contribution in [3.8, 4) is 22.9 Å². The maximum atomic E-state index is 11.6. The fraction of sp³-hybridized carbons (Fsp3) is 0.286. The number of rotatable bonds is 7. The number of nitriles is 1. The van der Waals surface area contributed by atoms with E-state index in [1.165, 1.54) is 13.2 Å². The molecule has 1 amide bonds. The summed E-state index contributed by atoms with van der Waals surface area (Å²) in [7, 11) is 1.49. The molecule has 1 saturated heterocycles. The summed E-state index contributed by atoms with van der Waals surface area (Å²) in [5.74, 6) is -0.437. The first kappa shape index (κ1) is 23.0. The van der Waals surface area contributed by atoms with E-state index in [2.05, 4.69) is 16.5 Å². The molecule has 11 heteroatoms. The fourth-order valence-electron chi connectivity index (χ4n) is 3.54. The van der Waals surface area contributed by atoms with E-state index in [4.69, 9.17) is 38.3 Å². The van der Waals surface area contributed by atoms with Gasteiger partial charge in [-0.15, -0.1) is 0 Å². The minimum Gasteiger partial charge on any atom is -0.494 e. The number of nitrogens with one attached hydrogen (secondary N) is 1. The molecule has 2 heterocycles. The number of amides is 1. The van der Waals surface area contributed by atoms with Crippen LogP contribution < -0.4 is 27.3 Å². The van der Waals surface area contributed by atoms with Crippen LogP contribution in [0.3, 0.4) is 0 Å². The molecule has 1 aliphatic rings. The molecule has 0 radical (unpaired) electrons. The molecular weight excluding hydrogens is 434 g/mol. The zero-order valence-corrected chi connectivity index (χ0v) is 18.2. The number of halogens is 1. The molecule has 168 valence electrons. The Hall–Kier alpha value is -3.68. The van der Waals surface area contributed by atoms with Crippen LogP contribution in [0.2, 0.25) is 0 Å². The van der Waals surface area contributed by atoms with Crippen molar-refractivity contribution in [3.05, 3.63) is 52.7 Å². The van der Waals surface area contributed by atoms with Crippen LogP contribution in [0.1, 0.15) is 24.6 Å². The number of aromatic nitrogens is 2. The lowest BCUT2D eigenvalue weighted by Gasteiger charge is -2.23. The molecule has 7 N–H and O–H groups in total. The summed E-state index contributed by atoms with van der Waals surface area (Å²) in [6.07, 6.45) is 4.47. The number of primary amides is 1. The van der Waals surface area contributed by atoms with E-state index in [0.717, 1.165) is 12.8 Å². The van der Waals surface area contributed by atoms with Gasteiger partial charge in [0.1, 0.15) is 28.4 Å². The van der Waals surface area contributed by atoms with E-state index in [-0.39, 0.29) is 22.6 Å². The van der Waals surface area contributed by atoms with E-state index in [1.54, 1.807) is 23.0 Å². The van der Waals surface area contributed by atoms with Crippen LogP contribution in [0.15, 0.2) is 47.0 Å². The van der Waals surface area contributed by atoms with Crippen molar-refractivity contribution in [1.29, 1.82) is 5.26 Å². The Bertz CT molecular complexity index is 1110. The first-order valence-electron chi connectivity index (χ1n) is 9.79. The summed E-state index contributed by atoms with van der Waals surface area (Å²) in [6.45, 7) is 1.25. The molecular formula is C21H24ClN7O3. The minimum absolute atomic E-state index is 0.0844. The Labute approximate surface area is 190 Å². The monoisotopic (exact) mass is 457 g/mol. The number of carbonyl (C=O) groups is 1.